The molecule has 1 aromatic carbocycles. The van der Waals surface area contributed by atoms with Crippen LogP contribution in [0.4, 0.5) is 4.39 Å². The van der Waals surface area contributed by atoms with E-state index < -0.39 is 5.82 Å². The van der Waals surface area contributed by atoms with Gasteiger partial charge in [-0.3, -0.25) is 9.36 Å². The molecule has 0 fully saturated rings. The number of hydrogen-bond acceptors (Lipinski definition) is 2. The molecule has 0 aliphatic heterocycles. The molecule has 0 bridgehead atoms. The summed E-state index contributed by atoms with van der Waals surface area (Å²) < 4.78 is 14.5. The van der Waals surface area contributed by atoms with Crippen molar-refractivity contribution in [2.45, 2.75) is 6.92 Å². The SMILES string of the molecule is Cc1nc2ccc(F)c(Cl)c2c(=O)n1C. The minimum absolute atomic E-state index is 0.129. The fourth-order valence-electron chi connectivity index (χ4n) is 1.40. The van der Waals surface area contributed by atoms with Crippen molar-refractivity contribution in [2.75, 3.05) is 0 Å². The molecule has 1 heterocycles. The predicted molar refractivity (Wildman–Crippen MR) is 56.7 cm³/mol. The lowest BCUT2D eigenvalue weighted by atomic mass is 10.2. The highest BCUT2D eigenvalue weighted by atomic mass is 35.5. The Morgan fingerprint density at radius 3 is 2.80 bits per heavy atom. The number of fused-ring (bicyclic) bond motifs is 1. The third-order valence-electron chi connectivity index (χ3n) is 2.36. The van der Waals surface area contributed by atoms with Gasteiger partial charge < -0.3 is 0 Å². The van der Waals surface area contributed by atoms with E-state index in [4.69, 9.17) is 11.6 Å². The average Bonchev–Trinajstić information content (AvgIpc) is 2.20. The second-order valence-corrected chi connectivity index (χ2v) is 3.66. The minimum atomic E-state index is -0.605. The van der Waals surface area contributed by atoms with E-state index in [2.05, 4.69) is 4.98 Å². The van der Waals surface area contributed by atoms with Gasteiger partial charge in [-0.25, -0.2) is 9.37 Å². The van der Waals surface area contributed by atoms with Gasteiger partial charge in [0, 0.05) is 7.05 Å². The topological polar surface area (TPSA) is 34.9 Å². The van der Waals surface area contributed by atoms with E-state index in [0.717, 1.165) is 0 Å². The van der Waals surface area contributed by atoms with E-state index in [1.165, 1.54) is 16.7 Å². The second-order valence-electron chi connectivity index (χ2n) is 3.28. The first-order valence-corrected chi connectivity index (χ1v) is 4.71. The Labute approximate surface area is 90.1 Å². The van der Waals surface area contributed by atoms with Gasteiger partial charge in [0.25, 0.3) is 5.56 Å². The molecule has 2 rings (SSSR count). The molecule has 3 nitrogen and oxygen atoms in total. The summed E-state index contributed by atoms with van der Waals surface area (Å²) in [6, 6.07) is 2.65. The molecule has 0 spiro atoms. The van der Waals surface area contributed by atoms with Gasteiger partial charge in [0.2, 0.25) is 0 Å². The lowest BCUT2D eigenvalue weighted by molar-refractivity contribution is 0.629. The van der Waals surface area contributed by atoms with Crippen LogP contribution in [0.25, 0.3) is 10.9 Å². The summed E-state index contributed by atoms with van der Waals surface area (Å²) in [5.74, 6) is -0.0397. The Hall–Kier alpha value is -1.42. The molecule has 1 aromatic heterocycles. The van der Waals surface area contributed by atoms with E-state index in [0.29, 0.717) is 11.3 Å². The van der Waals surface area contributed by atoms with Crippen molar-refractivity contribution in [1.29, 1.82) is 0 Å². The van der Waals surface area contributed by atoms with Crippen LogP contribution in [0.1, 0.15) is 5.82 Å². The van der Waals surface area contributed by atoms with Gasteiger partial charge in [0.05, 0.1) is 15.9 Å². The van der Waals surface area contributed by atoms with E-state index in [1.807, 2.05) is 0 Å². The Morgan fingerprint density at radius 2 is 2.13 bits per heavy atom. The molecule has 2 aromatic rings. The van der Waals surface area contributed by atoms with Crippen LogP contribution in [0.3, 0.4) is 0 Å². The molecule has 0 atom stereocenters. The van der Waals surface area contributed by atoms with Crippen LogP contribution in [-0.4, -0.2) is 9.55 Å². The molecule has 0 radical (unpaired) electrons. The van der Waals surface area contributed by atoms with E-state index >= 15 is 0 Å². The smallest absolute Gasteiger partial charge is 0.262 e. The number of aromatic nitrogens is 2. The molecule has 0 saturated heterocycles. The summed E-state index contributed by atoms with van der Waals surface area (Å²) in [5, 5.41) is -0.0367. The van der Waals surface area contributed by atoms with Crippen LogP contribution < -0.4 is 5.56 Å². The van der Waals surface area contributed by atoms with Gasteiger partial charge in [-0.15, -0.1) is 0 Å². The zero-order chi connectivity index (χ0) is 11.2. The summed E-state index contributed by atoms with van der Waals surface area (Å²) in [7, 11) is 1.57. The van der Waals surface area contributed by atoms with Crippen molar-refractivity contribution in [3.63, 3.8) is 0 Å². The van der Waals surface area contributed by atoms with Crippen LogP contribution >= 0.6 is 11.6 Å². The Kier molecular flexibility index (Phi) is 2.23. The van der Waals surface area contributed by atoms with Crippen molar-refractivity contribution < 1.29 is 4.39 Å². The average molecular weight is 227 g/mol. The molecule has 0 aliphatic rings. The Bertz CT molecular complexity index is 606. The van der Waals surface area contributed by atoms with Crippen molar-refractivity contribution in [3.8, 4) is 0 Å². The van der Waals surface area contributed by atoms with E-state index in [9.17, 15) is 9.18 Å². The quantitative estimate of drug-likeness (QED) is 0.689. The molecule has 5 heteroatoms. The number of aryl methyl sites for hydroxylation is 1. The summed E-state index contributed by atoms with van der Waals surface area (Å²) in [6.45, 7) is 1.71. The molecular weight excluding hydrogens is 219 g/mol. The largest absolute Gasteiger partial charge is 0.299 e. The highest BCUT2D eigenvalue weighted by molar-refractivity contribution is 6.35. The summed E-state index contributed by atoms with van der Waals surface area (Å²) in [5.41, 5.74) is 0.0870. The first-order valence-electron chi connectivity index (χ1n) is 4.33. The number of benzene rings is 1. The molecular formula is C10H8ClFN2O. The first kappa shape index (κ1) is 10.1. The van der Waals surface area contributed by atoms with Crippen LogP contribution in [-0.2, 0) is 7.05 Å². The number of nitrogens with zero attached hydrogens (tertiary/aromatic N) is 2. The zero-order valence-corrected chi connectivity index (χ0v) is 8.97. The first-order chi connectivity index (χ1) is 7.02. The van der Waals surface area contributed by atoms with Gasteiger partial charge in [-0.1, -0.05) is 11.6 Å². The molecule has 0 amide bonds. The predicted octanol–water partition coefficient (Wildman–Crippen LogP) is 2.03. The van der Waals surface area contributed by atoms with Gasteiger partial charge in [0.15, 0.2) is 0 Å². The van der Waals surface area contributed by atoms with E-state index in [-0.39, 0.29) is 16.0 Å². The monoisotopic (exact) mass is 226 g/mol. The molecule has 15 heavy (non-hydrogen) atoms. The van der Waals surface area contributed by atoms with Crippen LogP contribution in [0, 0.1) is 12.7 Å². The van der Waals surface area contributed by atoms with Crippen LogP contribution in [0.5, 0.6) is 0 Å². The van der Waals surface area contributed by atoms with Gasteiger partial charge in [-0.2, -0.15) is 0 Å². The lowest BCUT2D eigenvalue weighted by Crippen LogP contribution is -2.21. The Balaban J connectivity index is 3.08. The number of rotatable bonds is 0. The highest BCUT2D eigenvalue weighted by Gasteiger charge is 2.12. The standard InChI is InChI=1S/C10H8ClFN2O/c1-5-13-7-4-3-6(12)9(11)8(7)10(15)14(5)2/h3-4H,1-2H3. The number of hydrogen-bond donors (Lipinski definition) is 0. The van der Waals surface area contributed by atoms with E-state index in [1.54, 1.807) is 14.0 Å². The maximum Gasteiger partial charge on any atom is 0.262 e. The summed E-state index contributed by atoms with van der Waals surface area (Å²) in [4.78, 5) is 15.9. The van der Waals surface area contributed by atoms with Gasteiger partial charge >= 0.3 is 0 Å². The van der Waals surface area contributed by atoms with Crippen LogP contribution in [0.15, 0.2) is 16.9 Å². The molecule has 78 valence electrons. The molecule has 0 unspecified atom stereocenters. The lowest BCUT2D eigenvalue weighted by Gasteiger charge is -2.06. The third kappa shape index (κ3) is 1.41. The molecule has 0 aliphatic carbocycles. The number of halogens is 2. The van der Waals surface area contributed by atoms with Crippen LogP contribution in [0.2, 0.25) is 5.02 Å². The summed E-state index contributed by atoms with van der Waals surface area (Å²) >= 11 is 5.73. The maximum atomic E-state index is 13.2. The normalized spacial score (nSPS) is 10.9. The summed E-state index contributed by atoms with van der Waals surface area (Å²) in [6.07, 6.45) is 0. The van der Waals surface area contributed by atoms with Crippen molar-refractivity contribution >= 4 is 22.5 Å². The Morgan fingerprint density at radius 1 is 1.47 bits per heavy atom. The van der Waals surface area contributed by atoms with Crippen molar-refractivity contribution in [3.05, 3.63) is 39.2 Å². The minimum Gasteiger partial charge on any atom is -0.299 e. The molecule has 0 N–H and O–H groups in total. The fourth-order valence-corrected chi connectivity index (χ4v) is 1.64. The van der Waals surface area contributed by atoms with Gasteiger partial charge in [-0.05, 0) is 19.1 Å². The van der Waals surface area contributed by atoms with Crippen molar-refractivity contribution in [1.82, 2.24) is 9.55 Å². The molecule has 0 saturated carbocycles. The van der Waals surface area contributed by atoms with Gasteiger partial charge in [0.1, 0.15) is 11.6 Å². The third-order valence-corrected chi connectivity index (χ3v) is 2.73. The van der Waals surface area contributed by atoms with Crippen molar-refractivity contribution in [2.24, 2.45) is 7.05 Å². The zero-order valence-electron chi connectivity index (χ0n) is 8.21. The highest BCUT2D eigenvalue weighted by Crippen LogP contribution is 2.22. The maximum absolute atomic E-state index is 13.2. The second kappa shape index (κ2) is 3.31. The fraction of sp³-hybridized carbons (Fsp3) is 0.200.